The Morgan fingerprint density at radius 2 is 2.04 bits per heavy atom. The summed E-state index contributed by atoms with van der Waals surface area (Å²) in [7, 11) is 5.06. The summed E-state index contributed by atoms with van der Waals surface area (Å²) in [5, 5.41) is 4.78. The van der Waals surface area contributed by atoms with Crippen molar-refractivity contribution in [1.29, 1.82) is 0 Å². The molecule has 0 bridgehead atoms. The minimum atomic E-state index is -0.217. The van der Waals surface area contributed by atoms with E-state index in [1.165, 1.54) is 18.0 Å². The van der Waals surface area contributed by atoms with Crippen LogP contribution in [0.5, 0.6) is 11.5 Å². The lowest BCUT2D eigenvalue weighted by molar-refractivity contribution is -0.118. The number of aromatic nitrogens is 2. The average molecular weight is 384 g/mol. The highest BCUT2D eigenvalue weighted by Gasteiger charge is 2.10. The Kier molecular flexibility index (Phi) is 5.97. The Balaban J connectivity index is 1.60. The highest BCUT2D eigenvalue weighted by molar-refractivity contribution is 7.99. The number of para-hydroxylation sites is 3. The first-order valence-electron chi connectivity index (χ1n) is 8.21. The zero-order chi connectivity index (χ0) is 19.2. The number of thioether (sulfide) groups is 1. The molecule has 0 aliphatic carbocycles. The second-order valence-electron chi connectivity index (χ2n) is 5.61. The molecule has 1 heterocycles. The number of methoxy groups -OCH3 is 2. The van der Waals surface area contributed by atoms with Gasteiger partial charge in [0, 0.05) is 12.6 Å². The molecule has 0 aliphatic heterocycles. The van der Waals surface area contributed by atoms with Crippen molar-refractivity contribution in [2.45, 2.75) is 5.16 Å². The smallest absolute Gasteiger partial charge is 0.250 e. The second kappa shape index (κ2) is 8.59. The largest absolute Gasteiger partial charge is 0.493 e. The first-order chi connectivity index (χ1) is 13.1. The molecule has 0 saturated carbocycles. The first kappa shape index (κ1) is 18.8. The van der Waals surface area contributed by atoms with Gasteiger partial charge < -0.3 is 14.0 Å². The van der Waals surface area contributed by atoms with Gasteiger partial charge in [-0.25, -0.2) is 10.4 Å². The van der Waals surface area contributed by atoms with E-state index >= 15 is 0 Å². The van der Waals surface area contributed by atoms with E-state index in [-0.39, 0.29) is 11.7 Å². The fourth-order valence-electron chi connectivity index (χ4n) is 2.60. The van der Waals surface area contributed by atoms with Gasteiger partial charge in [0.15, 0.2) is 16.7 Å². The Morgan fingerprint density at radius 3 is 2.78 bits per heavy atom. The van der Waals surface area contributed by atoms with Crippen LogP contribution in [-0.4, -0.2) is 41.6 Å². The van der Waals surface area contributed by atoms with Crippen molar-refractivity contribution in [2.75, 3.05) is 20.0 Å². The molecular formula is C19H20N4O3S. The number of aryl methyl sites for hydroxylation is 1. The van der Waals surface area contributed by atoms with Crippen LogP contribution in [0.3, 0.4) is 0 Å². The van der Waals surface area contributed by atoms with E-state index in [4.69, 9.17) is 9.47 Å². The van der Waals surface area contributed by atoms with Crippen LogP contribution in [0.4, 0.5) is 0 Å². The van der Waals surface area contributed by atoms with E-state index in [1.54, 1.807) is 20.3 Å². The molecule has 1 amide bonds. The van der Waals surface area contributed by atoms with E-state index in [0.717, 1.165) is 16.2 Å². The number of hydrogen-bond donors (Lipinski definition) is 1. The first-order valence-corrected chi connectivity index (χ1v) is 9.19. The standard InChI is InChI=1S/C19H20N4O3S/c1-23-15-9-5-4-8-14(15)21-19(23)27-12-17(24)22-20-11-13-7-6-10-16(25-2)18(13)26-3/h4-11H,12H2,1-3H3,(H,22,24). The maximum absolute atomic E-state index is 12.1. The van der Waals surface area contributed by atoms with Crippen molar-refractivity contribution in [1.82, 2.24) is 15.0 Å². The van der Waals surface area contributed by atoms with E-state index in [9.17, 15) is 4.79 Å². The maximum atomic E-state index is 12.1. The van der Waals surface area contributed by atoms with Gasteiger partial charge in [-0.15, -0.1) is 0 Å². The molecule has 0 aliphatic rings. The molecule has 1 aromatic heterocycles. The van der Waals surface area contributed by atoms with Crippen LogP contribution >= 0.6 is 11.8 Å². The van der Waals surface area contributed by atoms with Crippen LogP contribution in [0, 0.1) is 0 Å². The summed E-state index contributed by atoms with van der Waals surface area (Å²) in [5.74, 6) is 1.16. The number of carbonyl (C=O) groups excluding carboxylic acids is 1. The lowest BCUT2D eigenvalue weighted by Crippen LogP contribution is -2.20. The number of amides is 1. The number of imidazole rings is 1. The zero-order valence-electron chi connectivity index (χ0n) is 15.3. The predicted octanol–water partition coefficient (Wildman–Crippen LogP) is 2.83. The molecule has 0 fully saturated rings. The minimum Gasteiger partial charge on any atom is -0.493 e. The Hall–Kier alpha value is -3.00. The molecule has 2 aromatic carbocycles. The topological polar surface area (TPSA) is 77.7 Å². The van der Waals surface area contributed by atoms with Crippen LogP contribution in [0.15, 0.2) is 52.7 Å². The Labute approximate surface area is 161 Å². The quantitative estimate of drug-likeness (QED) is 0.385. The lowest BCUT2D eigenvalue weighted by atomic mass is 10.2. The van der Waals surface area contributed by atoms with Crippen molar-refractivity contribution in [3.63, 3.8) is 0 Å². The monoisotopic (exact) mass is 384 g/mol. The summed E-state index contributed by atoms with van der Waals surface area (Å²) in [4.78, 5) is 16.6. The molecule has 140 valence electrons. The van der Waals surface area contributed by atoms with Gasteiger partial charge >= 0.3 is 0 Å². The van der Waals surface area contributed by atoms with Crippen molar-refractivity contribution in [3.05, 3.63) is 48.0 Å². The van der Waals surface area contributed by atoms with Gasteiger partial charge in [0.2, 0.25) is 0 Å². The van der Waals surface area contributed by atoms with E-state index in [0.29, 0.717) is 17.1 Å². The second-order valence-corrected chi connectivity index (χ2v) is 6.55. The van der Waals surface area contributed by atoms with Gasteiger partial charge in [0.25, 0.3) is 5.91 Å². The average Bonchev–Trinajstić information content (AvgIpc) is 3.02. The molecule has 3 aromatic rings. The van der Waals surface area contributed by atoms with Crippen molar-refractivity contribution >= 4 is 34.9 Å². The lowest BCUT2D eigenvalue weighted by Gasteiger charge is -2.09. The maximum Gasteiger partial charge on any atom is 0.250 e. The van der Waals surface area contributed by atoms with Crippen molar-refractivity contribution < 1.29 is 14.3 Å². The van der Waals surface area contributed by atoms with Gasteiger partial charge in [0.1, 0.15) is 0 Å². The fourth-order valence-corrected chi connectivity index (χ4v) is 3.38. The van der Waals surface area contributed by atoms with Gasteiger partial charge in [-0.2, -0.15) is 5.10 Å². The number of ether oxygens (including phenoxy) is 2. The molecule has 0 spiro atoms. The van der Waals surface area contributed by atoms with E-state index in [1.807, 2.05) is 48.0 Å². The van der Waals surface area contributed by atoms with Crippen LogP contribution < -0.4 is 14.9 Å². The SMILES string of the molecule is COc1cccc(C=NNC(=O)CSc2nc3ccccc3n2C)c1OC. The van der Waals surface area contributed by atoms with Gasteiger partial charge in [-0.1, -0.05) is 30.0 Å². The molecule has 7 nitrogen and oxygen atoms in total. The van der Waals surface area contributed by atoms with Crippen molar-refractivity contribution in [3.8, 4) is 11.5 Å². The normalized spacial score (nSPS) is 11.1. The number of carbonyl (C=O) groups is 1. The molecule has 1 N–H and O–H groups in total. The molecule has 0 atom stereocenters. The van der Waals surface area contributed by atoms with Gasteiger partial charge in [-0.05, 0) is 24.3 Å². The molecular weight excluding hydrogens is 364 g/mol. The Morgan fingerprint density at radius 1 is 1.22 bits per heavy atom. The number of fused-ring (bicyclic) bond motifs is 1. The fraction of sp³-hybridized carbons (Fsp3) is 0.211. The number of hydrogen-bond acceptors (Lipinski definition) is 6. The third kappa shape index (κ3) is 4.22. The third-order valence-electron chi connectivity index (χ3n) is 3.90. The minimum absolute atomic E-state index is 0.212. The summed E-state index contributed by atoms with van der Waals surface area (Å²) in [6, 6.07) is 13.3. The van der Waals surface area contributed by atoms with E-state index in [2.05, 4.69) is 15.5 Å². The van der Waals surface area contributed by atoms with Gasteiger partial charge in [-0.3, -0.25) is 4.79 Å². The summed E-state index contributed by atoms with van der Waals surface area (Å²) in [6.45, 7) is 0. The van der Waals surface area contributed by atoms with Crippen LogP contribution in [0.25, 0.3) is 11.0 Å². The highest BCUT2D eigenvalue weighted by Crippen LogP contribution is 2.29. The van der Waals surface area contributed by atoms with E-state index < -0.39 is 0 Å². The van der Waals surface area contributed by atoms with Gasteiger partial charge in [0.05, 0.1) is 37.2 Å². The number of rotatable bonds is 7. The Bertz CT molecular complexity index is 984. The predicted molar refractivity (Wildman–Crippen MR) is 107 cm³/mol. The highest BCUT2D eigenvalue weighted by atomic mass is 32.2. The van der Waals surface area contributed by atoms with Crippen LogP contribution in [0.2, 0.25) is 0 Å². The number of benzene rings is 2. The zero-order valence-corrected chi connectivity index (χ0v) is 16.1. The molecule has 0 saturated heterocycles. The molecule has 0 radical (unpaired) electrons. The molecule has 27 heavy (non-hydrogen) atoms. The molecule has 0 unspecified atom stereocenters. The summed E-state index contributed by atoms with van der Waals surface area (Å²) < 4.78 is 12.5. The molecule has 8 heteroatoms. The number of nitrogens with zero attached hydrogens (tertiary/aromatic N) is 3. The summed E-state index contributed by atoms with van der Waals surface area (Å²) >= 11 is 1.36. The number of nitrogens with one attached hydrogen (secondary N) is 1. The van der Waals surface area contributed by atoms with Crippen LogP contribution in [-0.2, 0) is 11.8 Å². The summed E-state index contributed by atoms with van der Waals surface area (Å²) in [5.41, 5.74) is 5.17. The molecule has 3 rings (SSSR count). The third-order valence-corrected chi connectivity index (χ3v) is 4.93. The number of hydrazone groups is 1. The van der Waals surface area contributed by atoms with Crippen LogP contribution in [0.1, 0.15) is 5.56 Å². The van der Waals surface area contributed by atoms with Crippen molar-refractivity contribution in [2.24, 2.45) is 12.1 Å². The summed E-state index contributed by atoms with van der Waals surface area (Å²) in [6.07, 6.45) is 1.53.